The molecule has 0 spiro atoms. The molecule has 0 radical (unpaired) electrons. The van der Waals surface area contributed by atoms with E-state index < -0.39 is 5.79 Å². The number of benzene rings is 1. The van der Waals surface area contributed by atoms with E-state index in [4.69, 9.17) is 9.47 Å². The Bertz CT molecular complexity index is 395. The maximum Gasteiger partial charge on any atom is 0.163 e. The van der Waals surface area contributed by atoms with Crippen molar-refractivity contribution >= 4 is 0 Å². The Morgan fingerprint density at radius 3 is 2.44 bits per heavy atom. The SMILES string of the molecule is Cc1cc(C)cc(CNCC2COC(C)(C)O2)c1. The van der Waals surface area contributed by atoms with Gasteiger partial charge in [-0.25, -0.2) is 0 Å². The van der Waals surface area contributed by atoms with Gasteiger partial charge in [-0.2, -0.15) is 0 Å². The highest BCUT2D eigenvalue weighted by molar-refractivity contribution is 5.28. The van der Waals surface area contributed by atoms with Gasteiger partial charge in [0.15, 0.2) is 5.79 Å². The van der Waals surface area contributed by atoms with E-state index in [-0.39, 0.29) is 6.10 Å². The first-order valence-electron chi connectivity index (χ1n) is 6.54. The maximum absolute atomic E-state index is 5.75. The van der Waals surface area contributed by atoms with E-state index in [1.165, 1.54) is 16.7 Å². The lowest BCUT2D eigenvalue weighted by atomic mass is 10.1. The van der Waals surface area contributed by atoms with Crippen molar-refractivity contribution in [2.75, 3.05) is 13.2 Å². The Hall–Kier alpha value is -0.900. The van der Waals surface area contributed by atoms with Crippen molar-refractivity contribution in [1.29, 1.82) is 0 Å². The van der Waals surface area contributed by atoms with Crippen molar-refractivity contribution in [1.82, 2.24) is 5.32 Å². The van der Waals surface area contributed by atoms with Gasteiger partial charge in [0.05, 0.1) is 12.7 Å². The molecule has 1 aliphatic rings. The van der Waals surface area contributed by atoms with Crippen LogP contribution in [0.4, 0.5) is 0 Å². The van der Waals surface area contributed by atoms with Crippen molar-refractivity contribution in [2.24, 2.45) is 0 Å². The van der Waals surface area contributed by atoms with Gasteiger partial charge >= 0.3 is 0 Å². The molecule has 0 aliphatic carbocycles. The van der Waals surface area contributed by atoms with Crippen LogP contribution in [0, 0.1) is 13.8 Å². The fraction of sp³-hybridized carbons (Fsp3) is 0.600. The lowest BCUT2D eigenvalue weighted by Gasteiger charge is -2.17. The third kappa shape index (κ3) is 3.80. The second kappa shape index (κ2) is 5.39. The summed E-state index contributed by atoms with van der Waals surface area (Å²) in [6, 6.07) is 6.63. The number of rotatable bonds is 4. The van der Waals surface area contributed by atoms with Gasteiger partial charge in [-0.15, -0.1) is 0 Å². The summed E-state index contributed by atoms with van der Waals surface area (Å²) >= 11 is 0. The first-order valence-corrected chi connectivity index (χ1v) is 6.54. The summed E-state index contributed by atoms with van der Waals surface area (Å²) in [4.78, 5) is 0. The molecule has 0 amide bonds. The average Bonchev–Trinajstić information content (AvgIpc) is 2.57. The molecule has 0 bridgehead atoms. The van der Waals surface area contributed by atoms with Gasteiger partial charge in [0.1, 0.15) is 0 Å². The van der Waals surface area contributed by atoms with Crippen molar-refractivity contribution < 1.29 is 9.47 Å². The summed E-state index contributed by atoms with van der Waals surface area (Å²) in [5.41, 5.74) is 3.95. The molecule has 2 rings (SSSR count). The van der Waals surface area contributed by atoms with E-state index in [9.17, 15) is 0 Å². The molecule has 1 N–H and O–H groups in total. The van der Waals surface area contributed by atoms with Crippen LogP contribution in [0.2, 0.25) is 0 Å². The smallest absolute Gasteiger partial charge is 0.163 e. The molecule has 1 atom stereocenters. The topological polar surface area (TPSA) is 30.5 Å². The minimum atomic E-state index is -0.424. The van der Waals surface area contributed by atoms with Gasteiger partial charge in [0, 0.05) is 13.1 Å². The van der Waals surface area contributed by atoms with Gasteiger partial charge < -0.3 is 14.8 Å². The number of hydrogen-bond acceptors (Lipinski definition) is 3. The van der Waals surface area contributed by atoms with E-state index in [1.807, 2.05) is 13.8 Å². The zero-order valence-electron chi connectivity index (χ0n) is 11.7. The predicted octanol–water partition coefficient (Wildman–Crippen LogP) is 2.54. The van der Waals surface area contributed by atoms with Crippen molar-refractivity contribution in [3.63, 3.8) is 0 Å². The fourth-order valence-corrected chi connectivity index (χ4v) is 2.41. The third-order valence-electron chi connectivity index (χ3n) is 3.05. The Morgan fingerprint density at radius 2 is 1.89 bits per heavy atom. The molecule has 1 aromatic carbocycles. The molecule has 1 unspecified atom stereocenters. The van der Waals surface area contributed by atoms with Crippen LogP contribution in [0.25, 0.3) is 0 Å². The second-order valence-electron chi connectivity index (χ2n) is 5.58. The van der Waals surface area contributed by atoms with Gasteiger partial charge in [0.25, 0.3) is 0 Å². The van der Waals surface area contributed by atoms with Crippen molar-refractivity contribution in [2.45, 2.75) is 46.1 Å². The van der Waals surface area contributed by atoms with Crippen molar-refractivity contribution in [3.05, 3.63) is 34.9 Å². The number of hydrogen-bond donors (Lipinski definition) is 1. The Kier molecular flexibility index (Phi) is 4.05. The highest BCUT2D eigenvalue weighted by Crippen LogP contribution is 2.21. The van der Waals surface area contributed by atoms with Crippen LogP contribution in [-0.2, 0) is 16.0 Å². The largest absolute Gasteiger partial charge is 0.348 e. The quantitative estimate of drug-likeness (QED) is 0.889. The molecule has 0 aromatic heterocycles. The highest BCUT2D eigenvalue weighted by Gasteiger charge is 2.32. The number of ether oxygens (including phenoxy) is 2. The van der Waals surface area contributed by atoms with Crippen LogP contribution >= 0.6 is 0 Å². The van der Waals surface area contributed by atoms with Crippen LogP contribution in [0.5, 0.6) is 0 Å². The minimum absolute atomic E-state index is 0.158. The molecule has 1 heterocycles. The monoisotopic (exact) mass is 249 g/mol. The van der Waals surface area contributed by atoms with E-state index in [2.05, 4.69) is 37.4 Å². The van der Waals surface area contributed by atoms with E-state index >= 15 is 0 Å². The molecule has 1 aliphatic heterocycles. The molecular formula is C15H23NO2. The molecule has 100 valence electrons. The summed E-state index contributed by atoms with van der Waals surface area (Å²) in [6.07, 6.45) is 0.158. The Balaban J connectivity index is 1.79. The summed E-state index contributed by atoms with van der Waals surface area (Å²) < 4.78 is 11.3. The number of aryl methyl sites for hydroxylation is 2. The lowest BCUT2D eigenvalue weighted by molar-refractivity contribution is -0.137. The van der Waals surface area contributed by atoms with Crippen molar-refractivity contribution in [3.8, 4) is 0 Å². The highest BCUT2D eigenvalue weighted by atomic mass is 16.7. The van der Waals surface area contributed by atoms with Gasteiger partial charge in [-0.3, -0.25) is 0 Å². The first-order chi connectivity index (χ1) is 8.44. The van der Waals surface area contributed by atoms with Gasteiger partial charge in [-0.1, -0.05) is 29.3 Å². The van der Waals surface area contributed by atoms with Crippen LogP contribution < -0.4 is 5.32 Å². The summed E-state index contributed by atoms with van der Waals surface area (Å²) in [5.74, 6) is -0.424. The first kappa shape index (κ1) is 13.5. The molecule has 1 aromatic rings. The number of nitrogens with one attached hydrogen (secondary N) is 1. The Morgan fingerprint density at radius 1 is 1.22 bits per heavy atom. The lowest BCUT2D eigenvalue weighted by Crippen LogP contribution is -2.30. The molecule has 3 heteroatoms. The van der Waals surface area contributed by atoms with Crippen LogP contribution in [-0.4, -0.2) is 25.0 Å². The van der Waals surface area contributed by atoms with Crippen LogP contribution in [0.3, 0.4) is 0 Å². The Labute approximate surface area is 109 Å². The van der Waals surface area contributed by atoms with Gasteiger partial charge in [0.2, 0.25) is 0 Å². The van der Waals surface area contributed by atoms with E-state index in [0.29, 0.717) is 6.61 Å². The van der Waals surface area contributed by atoms with E-state index in [0.717, 1.165) is 13.1 Å². The molecule has 0 saturated carbocycles. The van der Waals surface area contributed by atoms with Crippen LogP contribution in [0.1, 0.15) is 30.5 Å². The standard InChI is InChI=1S/C15H23NO2/c1-11-5-12(2)7-13(6-11)8-16-9-14-10-17-15(3,4)18-14/h5-7,14,16H,8-10H2,1-4H3. The second-order valence-corrected chi connectivity index (χ2v) is 5.58. The van der Waals surface area contributed by atoms with Gasteiger partial charge in [-0.05, 0) is 33.3 Å². The van der Waals surface area contributed by atoms with E-state index in [1.54, 1.807) is 0 Å². The third-order valence-corrected chi connectivity index (χ3v) is 3.05. The molecular weight excluding hydrogens is 226 g/mol. The normalized spacial score (nSPS) is 22.3. The maximum atomic E-state index is 5.75. The molecule has 1 fully saturated rings. The predicted molar refractivity (Wildman–Crippen MR) is 72.5 cm³/mol. The van der Waals surface area contributed by atoms with Crippen LogP contribution in [0.15, 0.2) is 18.2 Å². The molecule has 1 saturated heterocycles. The molecule has 18 heavy (non-hydrogen) atoms. The molecule has 3 nitrogen and oxygen atoms in total. The fourth-order valence-electron chi connectivity index (χ4n) is 2.41. The summed E-state index contributed by atoms with van der Waals surface area (Å²) in [6.45, 7) is 10.6. The minimum Gasteiger partial charge on any atom is -0.348 e. The zero-order chi connectivity index (χ0) is 13.2. The zero-order valence-corrected chi connectivity index (χ0v) is 11.7. The average molecular weight is 249 g/mol. The summed E-state index contributed by atoms with van der Waals surface area (Å²) in [7, 11) is 0. The summed E-state index contributed by atoms with van der Waals surface area (Å²) in [5, 5.41) is 3.43.